The summed E-state index contributed by atoms with van der Waals surface area (Å²) < 4.78 is 1.96. The fraction of sp³-hybridized carbons (Fsp3) is 0.500. The van der Waals surface area contributed by atoms with Crippen molar-refractivity contribution in [2.45, 2.75) is 41.2 Å². The van der Waals surface area contributed by atoms with E-state index in [1.807, 2.05) is 61.4 Å². The molecule has 1 aromatic heterocycles. The van der Waals surface area contributed by atoms with Gasteiger partial charge in [0.1, 0.15) is 0 Å². The zero-order chi connectivity index (χ0) is 21.4. The van der Waals surface area contributed by atoms with Crippen molar-refractivity contribution < 1.29 is 4.79 Å². The van der Waals surface area contributed by atoms with Crippen molar-refractivity contribution in [3.05, 3.63) is 47.3 Å². The van der Waals surface area contributed by atoms with Gasteiger partial charge < -0.3 is 15.1 Å². The number of aliphatic imine (C=N–C) groups is 1. The van der Waals surface area contributed by atoms with Gasteiger partial charge in [-0.05, 0) is 52.3 Å². The number of amides is 1. The molecule has 0 aliphatic heterocycles. The van der Waals surface area contributed by atoms with Gasteiger partial charge in [-0.25, -0.2) is 9.67 Å². The van der Waals surface area contributed by atoms with Crippen LogP contribution in [0.2, 0.25) is 0 Å². The zero-order valence-electron chi connectivity index (χ0n) is 18.6. The number of aromatic nitrogens is 2. The molecular weight excluding hydrogens is 364 g/mol. The SMILES string of the molecule is CCNC(=NCc1ccccc1-n1nc(C)cc1C)N(C)CC(=O)N(CC)CC. The third kappa shape index (κ3) is 5.82. The molecule has 0 saturated carbocycles. The number of carbonyl (C=O) groups excluding carboxylic acids is 1. The Bertz CT molecular complexity index is 838. The smallest absolute Gasteiger partial charge is 0.242 e. The second-order valence-electron chi connectivity index (χ2n) is 7.06. The lowest BCUT2D eigenvalue weighted by molar-refractivity contribution is -0.131. The first kappa shape index (κ1) is 22.5. The van der Waals surface area contributed by atoms with Crippen LogP contribution in [0.3, 0.4) is 0 Å². The highest BCUT2D eigenvalue weighted by molar-refractivity contribution is 5.86. The highest BCUT2D eigenvalue weighted by atomic mass is 16.2. The average molecular weight is 399 g/mol. The molecule has 1 N–H and O–H groups in total. The second kappa shape index (κ2) is 10.6. The van der Waals surface area contributed by atoms with E-state index in [1.54, 1.807) is 0 Å². The van der Waals surface area contributed by atoms with Crippen LogP contribution in [0, 0.1) is 13.8 Å². The summed E-state index contributed by atoms with van der Waals surface area (Å²) >= 11 is 0. The summed E-state index contributed by atoms with van der Waals surface area (Å²) in [5.41, 5.74) is 4.19. The van der Waals surface area contributed by atoms with Crippen molar-refractivity contribution in [1.29, 1.82) is 0 Å². The summed E-state index contributed by atoms with van der Waals surface area (Å²) in [4.78, 5) is 21.0. The first-order valence-electron chi connectivity index (χ1n) is 10.3. The summed E-state index contributed by atoms with van der Waals surface area (Å²) in [6, 6.07) is 10.2. The zero-order valence-corrected chi connectivity index (χ0v) is 18.6. The molecule has 0 atom stereocenters. The van der Waals surface area contributed by atoms with E-state index in [2.05, 4.69) is 35.5 Å². The van der Waals surface area contributed by atoms with E-state index < -0.39 is 0 Å². The number of nitrogens with one attached hydrogen (secondary N) is 1. The number of para-hydroxylation sites is 1. The molecule has 7 heteroatoms. The Morgan fingerprint density at radius 1 is 1.17 bits per heavy atom. The van der Waals surface area contributed by atoms with Gasteiger partial charge in [-0.1, -0.05) is 18.2 Å². The number of guanidine groups is 1. The van der Waals surface area contributed by atoms with Gasteiger partial charge in [0.15, 0.2) is 5.96 Å². The summed E-state index contributed by atoms with van der Waals surface area (Å²) in [5.74, 6) is 0.822. The van der Waals surface area contributed by atoms with Crippen LogP contribution in [0.1, 0.15) is 37.7 Å². The average Bonchev–Trinajstić information content (AvgIpc) is 3.04. The van der Waals surface area contributed by atoms with Gasteiger partial charge in [0.05, 0.1) is 24.5 Å². The largest absolute Gasteiger partial charge is 0.357 e. The normalized spacial score (nSPS) is 11.4. The molecule has 1 heterocycles. The topological polar surface area (TPSA) is 65.8 Å². The Hall–Kier alpha value is -2.83. The van der Waals surface area contributed by atoms with Crippen molar-refractivity contribution >= 4 is 11.9 Å². The van der Waals surface area contributed by atoms with E-state index in [0.29, 0.717) is 26.2 Å². The summed E-state index contributed by atoms with van der Waals surface area (Å²) in [7, 11) is 1.90. The Morgan fingerprint density at radius 3 is 2.45 bits per heavy atom. The minimum absolute atomic E-state index is 0.103. The molecule has 0 bridgehead atoms. The Kier molecular flexibility index (Phi) is 8.24. The molecule has 0 aliphatic rings. The van der Waals surface area contributed by atoms with Crippen molar-refractivity contribution in [3.8, 4) is 5.69 Å². The molecule has 0 saturated heterocycles. The molecule has 2 aromatic rings. The number of hydrogen-bond donors (Lipinski definition) is 1. The van der Waals surface area contributed by atoms with Gasteiger partial charge >= 0.3 is 0 Å². The van der Waals surface area contributed by atoms with Gasteiger partial charge in [-0.15, -0.1) is 0 Å². The number of aryl methyl sites for hydroxylation is 2. The van der Waals surface area contributed by atoms with Crippen LogP contribution in [-0.4, -0.2) is 64.7 Å². The molecular formula is C22H34N6O. The van der Waals surface area contributed by atoms with Crippen molar-refractivity contribution in [2.75, 3.05) is 33.2 Å². The number of benzene rings is 1. The first-order chi connectivity index (χ1) is 13.9. The van der Waals surface area contributed by atoms with E-state index in [9.17, 15) is 4.79 Å². The van der Waals surface area contributed by atoms with Gasteiger partial charge in [-0.2, -0.15) is 5.10 Å². The van der Waals surface area contributed by atoms with Crippen LogP contribution in [0.5, 0.6) is 0 Å². The molecule has 2 rings (SSSR count). The van der Waals surface area contributed by atoms with Crippen LogP contribution in [-0.2, 0) is 11.3 Å². The maximum Gasteiger partial charge on any atom is 0.242 e. The van der Waals surface area contributed by atoms with E-state index in [4.69, 9.17) is 4.99 Å². The highest BCUT2D eigenvalue weighted by Gasteiger charge is 2.15. The lowest BCUT2D eigenvalue weighted by Gasteiger charge is -2.25. The fourth-order valence-electron chi connectivity index (χ4n) is 3.31. The molecule has 0 radical (unpaired) electrons. The third-order valence-electron chi connectivity index (χ3n) is 4.81. The van der Waals surface area contributed by atoms with Crippen molar-refractivity contribution in [3.63, 3.8) is 0 Å². The summed E-state index contributed by atoms with van der Waals surface area (Å²) in [6.45, 7) is 13.0. The molecule has 1 amide bonds. The van der Waals surface area contributed by atoms with Gasteiger partial charge in [0, 0.05) is 32.4 Å². The summed E-state index contributed by atoms with van der Waals surface area (Å²) in [6.07, 6.45) is 0. The molecule has 1 aromatic carbocycles. The monoisotopic (exact) mass is 398 g/mol. The first-order valence-corrected chi connectivity index (χ1v) is 10.3. The molecule has 0 aliphatic carbocycles. The molecule has 29 heavy (non-hydrogen) atoms. The highest BCUT2D eigenvalue weighted by Crippen LogP contribution is 2.18. The minimum Gasteiger partial charge on any atom is -0.357 e. The Morgan fingerprint density at radius 2 is 1.86 bits per heavy atom. The van der Waals surface area contributed by atoms with Gasteiger partial charge in [0.2, 0.25) is 5.91 Å². The standard InChI is InChI=1S/C22H34N6O/c1-7-23-22(26(6)16-21(29)27(8-2)9-3)24-15-19-12-10-11-13-20(19)28-18(5)14-17(4)25-28/h10-14H,7-9,15-16H2,1-6H3,(H,23,24). The minimum atomic E-state index is 0.103. The van der Waals surface area contributed by atoms with Crippen LogP contribution < -0.4 is 5.32 Å². The quantitative estimate of drug-likeness (QED) is 0.549. The lowest BCUT2D eigenvalue weighted by Crippen LogP contribution is -2.45. The number of carbonyl (C=O) groups is 1. The fourth-order valence-corrected chi connectivity index (χ4v) is 3.31. The van der Waals surface area contributed by atoms with Crippen molar-refractivity contribution in [2.24, 2.45) is 4.99 Å². The number of likely N-dealkylation sites (N-methyl/N-ethyl adjacent to an activating group) is 2. The van der Waals surface area contributed by atoms with Crippen LogP contribution in [0.25, 0.3) is 5.69 Å². The molecule has 0 unspecified atom stereocenters. The van der Waals surface area contributed by atoms with Gasteiger partial charge in [0.25, 0.3) is 0 Å². The number of rotatable bonds is 8. The van der Waals surface area contributed by atoms with E-state index >= 15 is 0 Å². The van der Waals surface area contributed by atoms with Crippen LogP contribution in [0.15, 0.2) is 35.3 Å². The van der Waals surface area contributed by atoms with E-state index in [0.717, 1.165) is 35.1 Å². The summed E-state index contributed by atoms with van der Waals surface area (Å²) in [5, 5.41) is 7.90. The maximum absolute atomic E-state index is 12.5. The van der Waals surface area contributed by atoms with Gasteiger partial charge in [-0.3, -0.25) is 4.79 Å². The predicted octanol–water partition coefficient (Wildman–Crippen LogP) is 2.75. The lowest BCUT2D eigenvalue weighted by atomic mass is 10.2. The van der Waals surface area contributed by atoms with E-state index in [-0.39, 0.29) is 5.91 Å². The van der Waals surface area contributed by atoms with Crippen LogP contribution >= 0.6 is 0 Å². The molecule has 0 fully saturated rings. The number of nitrogens with zero attached hydrogens (tertiary/aromatic N) is 5. The molecule has 7 nitrogen and oxygen atoms in total. The Labute approximate surface area is 174 Å². The second-order valence-corrected chi connectivity index (χ2v) is 7.06. The van der Waals surface area contributed by atoms with Crippen molar-refractivity contribution in [1.82, 2.24) is 24.9 Å². The van der Waals surface area contributed by atoms with E-state index in [1.165, 1.54) is 0 Å². The van der Waals surface area contributed by atoms with Crippen LogP contribution in [0.4, 0.5) is 0 Å². The Balaban J connectivity index is 2.23. The molecule has 0 spiro atoms. The molecule has 158 valence electrons. The predicted molar refractivity (Wildman–Crippen MR) is 118 cm³/mol. The maximum atomic E-state index is 12.5. The third-order valence-corrected chi connectivity index (χ3v) is 4.81. The number of hydrogen-bond acceptors (Lipinski definition) is 3.